The number of para-hydroxylation sites is 1. The second-order valence-corrected chi connectivity index (χ2v) is 11.9. The molecule has 2 aromatic carbocycles. The Morgan fingerprint density at radius 2 is 1.83 bits per heavy atom. The molecule has 0 spiro atoms. The first-order valence-corrected chi connectivity index (χ1v) is 14.9. The summed E-state index contributed by atoms with van der Waals surface area (Å²) >= 11 is 0. The lowest BCUT2D eigenvalue weighted by molar-refractivity contribution is 0.0302. The minimum atomic E-state index is -0.936. The van der Waals surface area contributed by atoms with Crippen LogP contribution >= 0.6 is 0 Å². The van der Waals surface area contributed by atoms with Crippen LogP contribution in [-0.4, -0.2) is 68.2 Å². The smallest absolute Gasteiger partial charge is 0.290 e. The maximum absolute atomic E-state index is 15.3. The Labute approximate surface area is 267 Å². The van der Waals surface area contributed by atoms with Crippen LogP contribution in [0.1, 0.15) is 29.8 Å². The summed E-state index contributed by atoms with van der Waals surface area (Å²) in [6.07, 6.45) is 2.84. The van der Waals surface area contributed by atoms with Crippen LogP contribution in [0.25, 0.3) is 27.7 Å². The van der Waals surface area contributed by atoms with Gasteiger partial charge >= 0.3 is 0 Å². The molecule has 0 bridgehead atoms. The molecule has 1 aliphatic heterocycles. The van der Waals surface area contributed by atoms with E-state index in [1.54, 1.807) is 49.1 Å². The molecule has 1 fully saturated rings. The Hall–Kier alpha value is -5.43. The number of pyridine rings is 2. The molecule has 0 aliphatic carbocycles. The molecular weight excluding hydrogens is 610 g/mol. The topological polar surface area (TPSA) is 132 Å². The fraction of sp³-hybridized carbons (Fsp3) is 0.265. The largest absolute Gasteiger partial charge is 0.505 e. The highest BCUT2D eigenvalue weighted by Crippen LogP contribution is 2.34. The highest BCUT2D eigenvalue weighted by Gasteiger charge is 2.24. The molecule has 47 heavy (non-hydrogen) atoms. The summed E-state index contributed by atoms with van der Waals surface area (Å²) in [5.41, 5.74) is -0.743. The molecule has 242 valence electrons. The number of benzene rings is 2. The fourth-order valence-corrected chi connectivity index (χ4v) is 5.43. The number of ether oxygens (including phenoxy) is 1. The van der Waals surface area contributed by atoms with Crippen LogP contribution in [0.4, 0.5) is 20.3 Å². The van der Waals surface area contributed by atoms with Crippen molar-refractivity contribution in [1.82, 2.24) is 24.2 Å². The number of morpholine rings is 1. The van der Waals surface area contributed by atoms with Crippen LogP contribution in [0.3, 0.4) is 0 Å². The number of fused-ring (bicyclic) bond motifs is 1. The molecule has 3 aromatic heterocycles. The van der Waals surface area contributed by atoms with E-state index >= 15 is 4.39 Å². The van der Waals surface area contributed by atoms with Gasteiger partial charge in [0.1, 0.15) is 23.1 Å². The van der Waals surface area contributed by atoms with Gasteiger partial charge in [-0.05, 0) is 53.4 Å². The second kappa shape index (κ2) is 12.4. The van der Waals surface area contributed by atoms with Gasteiger partial charge in [0.25, 0.3) is 17.0 Å². The molecule has 2 N–H and O–H groups in total. The van der Waals surface area contributed by atoms with E-state index in [2.05, 4.69) is 15.4 Å². The van der Waals surface area contributed by atoms with Crippen molar-refractivity contribution < 1.29 is 23.4 Å². The van der Waals surface area contributed by atoms with Crippen LogP contribution in [0, 0.1) is 5.82 Å². The van der Waals surface area contributed by atoms with E-state index in [1.807, 2.05) is 0 Å². The Bertz CT molecular complexity index is 2120. The third-order valence-electron chi connectivity index (χ3n) is 8.26. The number of aromatic hydroxyl groups is 1. The Morgan fingerprint density at radius 1 is 1.06 bits per heavy atom. The molecule has 0 unspecified atom stereocenters. The molecule has 0 atom stereocenters. The summed E-state index contributed by atoms with van der Waals surface area (Å²) in [6.45, 7) is 4.54. The predicted octanol–water partition coefficient (Wildman–Crippen LogP) is 4.45. The van der Waals surface area contributed by atoms with E-state index in [0.717, 1.165) is 15.3 Å². The number of hydrogen-bond donors (Lipinski definition) is 2. The predicted molar refractivity (Wildman–Crippen MR) is 173 cm³/mol. The summed E-state index contributed by atoms with van der Waals surface area (Å²) in [6, 6.07) is 13.6. The maximum Gasteiger partial charge on any atom is 0.290 e. The van der Waals surface area contributed by atoms with Gasteiger partial charge in [0, 0.05) is 43.5 Å². The van der Waals surface area contributed by atoms with Crippen molar-refractivity contribution in [2.75, 3.05) is 38.3 Å². The molecule has 11 nitrogen and oxygen atoms in total. The van der Waals surface area contributed by atoms with E-state index in [-0.39, 0.29) is 39.7 Å². The number of alkyl halides is 1. The third kappa shape index (κ3) is 5.97. The maximum atomic E-state index is 15.3. The minimum absolute atomic E-state index is 0.0642. The zero-order valence-electron chi connectivity index (χ0n) is 26.0. The summed E-state index contributed by atoms with van der Waals surface area (Å²) in [5.74, 6) is -0.982. The normalized spacial score (nSPS) is 13.6. The number of nitrogens with one attached hydrogen (secondary N) is 1. The van der Waals surface area contributed by atoms with E-state index in [0.29, 0.717) is 48.6 Å². The second-order valence-electron chi connectivity index (χ2n) is 11.9. The van der Waals surface area contributed by atoms with Gasteiger partial charge in [-0.15, -0.1) is 0 Å². The van der Waals surface area contributed by atoms with Gasteiger partial charge < -0.3 is 20.1 Å². The molecule has 1 aliphatic rings. The zero-order valence-corrected chi connectivity index (χ0v) is 26.0. The Morgan fingerprint density at radius 3 is 2.53 bits per heavy atom. The standard InChI is InChI=1S/C34H32F2N6O5/c1-34(2,19-35)22-15-20-9-10-42(33(46)29(20)24(36)16-22)27-6-4-5-23(30(27)43)25-17-26(32(45)40(3)39-25)38-28-8-7-21(18-37-28)31(44)41-11-13-47-14-12-41/h4-10,15-18,43H,11-14,19H2,1-3H3,(H,37,38). The quantitative estimate of drug-likeness (QED) is 0.266. The monoisotopic (exact) mass is 642 g/mol. The molecule has 5 aromatic rings. The number of carbonyl (C=O) groups excluding carboxylic acids is 1. The van der Waals surface area contributed by atoms with Gasteiger partial charge in [0.05, 0.1) is 42.2 Å². The van der Waals surface area contributed by atoms with Crippen LogP contribution in [-0.2, 0) is 17.2 Å². The van der Waals surface area contributed by atoms with Crippen LogP contribution in [0.15, 0.2) is 76.6 Å². The lowest BCUT2D eigenvalue weighted by Crippen LogP contribution is -2.40. The van der Waals surface area contributed by atoms with Gasteiger partial charge in [0.2, 0.25) is 0 Å². The first-order chi connectivity index (χ1) is 22.5. The molecule has 1 saturated heterocycles. The summed E-state index contributed by atoms with van der Waals surface area (Å²) in [5, 5.41) is 18.7. The minimum Gasteiger partial charge on any atom is -0.505 e. The molecule has 1 amide bonds. The number of hydrogen-bond acceptors (Lipinski definition) is 8. The molecule has 13 heteroatoms. The van der Waals surface area contributed by atoms with Crippen LogP contribution < -0.4 is 16.4 Å². The number of phenols is 1. The van der Waals surface area contributed by atoms with Gasteiger partial charge in [-0.2, -0.15) is 5.10 Å². The van der Waals surface area contributed by atoms with Gasteiger partial charge in [-0.25, -0.2) is 14.1 Å². The number of carbonyl (C=O) groups is 1. The third-order valence-corrected chi connectivity index (χ3v) is 8.26. The van der Waals surface area contributed by atoms with Crippen molar-refractivity contribution in [3.63, 3.8) is 0 Å². The number of anilines is 2. The van der Waals surface area contributed by atoms with Crippen LogP contribution in [0.2, 0.25) is 0 Å². The van der Waals surface area contributed by atoms with Gasteiger partial charge in [-0.3, -0.25) is 23.3 Å². The SMILES string of the molecule is Cn1nc(-c2cccc(-n3ccc4cc(C(C)(C)CF)cc(F)c4c3=O)c2O)cc(Nc2ccc(C(=O)N3CCOCC3)cn2)c1=O. The van der Waals surface area contributed by atoms with Crippen molar-refractivity contribution in [2.45, 2.75) is 19.3 Å². The molecule has 4 heterocycles. The van der Waals surface area contributed by atoms with E-state index in [4.69, 9.17) is 4.74 Å². The van der Waals surface area contributed by atoms with Gasteiger partial charge in [0.15, 0.2) is 0 Å². The van der Waals surface area contributed by atoms with Crippen molar-refractivity contribution in [3.8, 4) is 22.7 Å². The Kier molecular flexibility index (Phi) is 8.32. The molecule has 6 rings (SSSR count). The van der Waals surface area contributed by atoms with E-state index in [1.165, 1.54) is 37.6 Å². The van der Waals surface area contributed by atoms with E-state index < -0.39 is 29.0 Å². The highest BCUT2D eigenvalue weighted by atomic mass is 19.1. The number of aryl methyl sites for hydroxylation is 1. The van der Waals surface area contributed by atoms with Crippen molar-refractivity contribution >= 4 is 28.2 Å². The lowest BCUT2D eigenvalue weighted by Gasteiger charge is -2.26. The molecule has 0 radical (unpaired) electrons. The van der Waals surface area contributed by atoms with Crippen molar-refractivity contribution in [1.29, 1.82) is 0 Å². The number of phenolic OH excluding ortho intramolecular Hbond substituents is 1. The average Bonchev–Trinajstić information content (AvgIpc) is 3.07. The van der Waals surface area contributed by atoms with Crippen molar-refractivity contribution in [3.05, 3.63) is 105 Å². The first kappa shape index (κ1) is 31.5. The highest BCUT2D eigenvalue weighted by molar-refractivity contribution is 5.94. The summed E-state index contributed by atoms with van der Waals surface area (Å²) in [4.78, 5) is 45.3. The van der Waals surface area contributed by atoms with Crippen molar-refractivity contribution in [2.24, 2.45) is 7.05 Å². The van der Waals surface area contributed by atoms with Crippen LogP contribution in [0.5, 0.6) is 5.75 Å². The molecular formula is C34H32F2N6O5. The lowest BCUT2D eigenvalue weighted by atomic mass is 9.85. The van der Waals surface area contributed by atoms with Gasteiger partial charge in [-0.1, -0.05) is 26.0 Å². The average molecular weight is 643 g/mol. The number of aromatic nitrogens is 4. The zero-order chi connectivity index (χ0) is 33.5. The fourth-order valence-electron chi connectivity index (χ4n) is 5.43. The summed E-state index contributed by atoms with van der Waals surface area (Å²) in [7, 11) is 1.45. The first-order valence-electron chi connectivity index (χ1n) is 14.9. The number of halogens is 2. The summed E-state index contributed by atoms with van der Waals surface area (Å²) < 4.78 is 36.4. The van der Waals surface area contributed by atoms with E-state index in [9.17, 15) is 23.9 Å². The number of rotatable bonds is 7. The number of amides is 1. The number of nitrogens with zero attached hydrogens (tertiary/aromatic N) is 5. The Balaban J connectivity index is 1.33. The molecule has 0 saturated carbocycles.